The molecule has 1 aliphatic carbocycles. The molecule has 0 spiro atoms. The number of furan rings is 1. The first-order valence-electron chi connectivity index (χ1n) is 15.3. The topological polar surface area (TPSA) is 51.8 Å². The minimum absolute atomic E-state index is 0.0151. The summed E-state index contributed by atoms with van der Waals surface area (Å²) in [5.41, 5.74) is 8.27. The fraction of sp³-hybridized carbons (Fsp3) is 0.0488. The summed E-state index contributed by atoms with van der Waals surface area (Å²) >= 11 is 0. The van der Waals surface area contributed by atoms with Crippen molar-refractivity contribution in [1.82, 2.24) is 15.0 Å². The first-order chi connectivity index (χ1) is 22.3. The van der Waals surface area contributed by atoms with Crippen LogP contribution in [0.5, 0.6) is 0 Å². The quantitative estimate of drug-likeness (QED) is 0.209. The molecule has 4 nitrogen and oxygen atoms in total. The van der Waals surface area contributed by atoms with E-state index in [4.69, 9.17) is 19.4 Å². The molecule has 0 aliphatic heterocycles. The zero-order chi connectivity index (χ0) is 29.7. The molecule has 8 aromatic rings. The highest BCUT2D eigenvalue weighted by Gasteiger charge is 2.24. The molecule has 4 heteroatoms. The van der Waals surface area contributed by atoms with Crippen molar-refractivity contribution < 1.29 is 4.42 Å². The molecule has 1 unspecified atom stereocenters. The molecule has 0 radical (unpaired) electrons. The van der Waals surface area contributed by atoms with E-state index in [1.54, 1.807) is 0 Å². The largest absolute Gasteiger partial charge is 0.456 e. The molecule has 9 rings (SSSR count). The number of hydrogen-bond donors (Lipinski definition) is 0. The fourth-order valence-corrected chi connectivity index (χ4v) is 6.62. The summed E-state index contributed by atoms with van der Waals surface area (Å²) in [5.74, 6) is 2.09. The van der Waals surface area contributed by atoms with Crippen LogP contribution in [0.25, 0.3) is 72.7 Å². The lowest BCUT2D eigenvalue weighted by molar-refractivity contribution is 0.669. The summed E-state index contributed by atoms with van der Waals surface area (Å²) in [4.78, 5) is 15.7. The molecule has 0 N–H and O–H groups in total. The second-order valence-corrected chi connectivity index (χ2v) is 11.6. The van der Waals surface area contributed by atoms with Gasteiger partial charge in [-0.3, -0.25) is 0 Å². The Morgan fingerprint density at radius 1 is 0.578 bits per heavy atom. The summed E-state index contributed by atoms with van der Waals surface area (Å²) in [7, 11) is 0. The van der Waals surface area contributed by atoms with Gasteiger partial charge in [0, 0.05) is 27.8 Å². The number of allylic oxidation sites excluding steroid dienone is 1. The third kappa shape index (κ3) is 4.42. The van der Waals surface area contributed by atoms with E-state index in [1.165, 1.54) is 16.5 Å². The zero-order valence-electron chi connectivity index (χ0n) is 24.4. The van der Waals surface area contributed by atoms with Crippen molar-refractivity contribution in [3.8, 4) is 33.9 Å². The first-order valence-corrected chi connectivity index (χ1v) is 15.3. The van der Waals surface area contributed by atoms with E-state index in [0.717, 1.165) is 61.8 Å². The van der Waals surface area contributed by atoms with Crippen LogP contribution in [-0.2, 0) is 6.42 Å². The first kappa shape index (κ1) is 25.6. The van der Waals surface area contributed by atoms with Gasteiger partial charge in [-0.15, -0.1) is 0 Å². The molecule has 1 atom stereocenters. The Hall–Kier alpha value is -5.87. The van der Waals surface area contributed by atoms with Crippen LogP contribution in [0.3, 0.4) is 0 Å². The molecule has 1 aliphatic rings. The van der Waals surface area contributed by atoms with E-state index in [1.807, 2.05) is 18.2 Å². The van der Waals surface area contributed by atoms with Gasteiger partial charge in [0.25, 0.3) is 0 Å². The van der Waals surface area contributed by atoms with Gasteiger partial charge in [0.1, 0.15) is 17.0 Å². The lowest BCUT2D eigenvalue weighted by Crippen LogP contribution is -2.12. The number of aromatic nitrogens is 3. The average Bonchev–Trinajstić information content (AvgIpc) is 3.50. The average molecular weight is 578 g/mol. The molecular formula is C41H27N3O. The van der Waals surface area contributed by atoms with Gasteiger partial charge in [0.15, 0.2) is 11.6 Å². The van der Waals surface area contributed by atoms with Gasteiger partial charge >= 0.3 is 0 Å². The monoisotopic (exact) mass is 577 g/mol. The smallest absolute Gasteiger partial charge is 0.165 e. The number of nitrogens with zero attached hydrogens (tertiary/aromatic N) is 3. The van der Waals surface area contributed by atoms with E-state index in [-0.39, 0.29) is 5.92 Å². The maximum absolute atomic E-state index is 6.37. The van der Waals surface area contributed by atoms with Crippen molar-refractivity contribution in [1.29, 1.82) is 0 Å². The zero-order valence-corrected chi connectivity index (χ0v) is 24.4. The molecule has 45 heavy (non-hydrogen) atoms. The lowest BCUT2D eigenvalue weighted by Gasteiger charge is -2.20. The number of fused-ring (bicyclic) bond motifs is 5. The molecule has 6 aromatic carbocycles. The van der Waals surface area contributed by atoms with Crippen LogP contribution in [0.2, 0.25) is 0 Å². The van der Waals surface area contributed by atoms with Gasteiger partial charge in [0.05, 0.1) is 0 Å². The number of hydrogen-bond acceptors (Lipinski definition) is 4. The van der Waals surface area contributed by atoms with Crippen molar-refractivity contribution in [3.63, 3.8) is 0 Å². The van der Waals surface area contributed by atoms with Crippen LogP contribution in [-0.4, -0.2) is 15.0 Å². The van der Waals surface area contributed by atoms with Gasteiger partial charge < -0.3 is 4.42 Å². The third-order valence-corrected chi connectivity index (χ3v) is 8.85. The van der Waals surface area contributed by atoms with Gasteiger partial charge in [-0.05, 0) is 63.7 Å². The Kier molecular flexibility index (Phi) is 5.91. The van der Waals surface area contributed by atoms with Crippen molar-refractivity contribution in [2.45, 2.75) is 12.3 Å². The van der Waals surface area contributed by atoms with E-state index >= 15 is 0 Å². The molecule has 0 fully saturated rings. The molecule has 2 aromatic heterocycles. The highest BCUT2D eigenvalue weighted by Crippen LogP contribution is 2.42. The van der Waals surface area contributed by atoms with Crippen molar-refractivity contribution in [2.24, 2.45) is 0 Å². The fourth-order valence-electron chi connectivity index (χ4n) is 6.62. The van der Waals surface area contributed by atoms with E-state index in [9.17, 15) is 0 Å². The number of rotatable bonds is 4. The molecular weight excluding hydrogens is 550 g/mol. The third-order valence-electron chi connectivity index (χ3n) is 8.85. The summed E-state index contributed by atoms with van der Waals surface area (Å²) in [6.07, 6.45) is 5.26. The normalized spacial score (nSPS) is 14.3. The van der Waals surface area contributed by atoms with Crippen LogP contribution in [0.1, 0.15) is 22.9 Å². The Labute approximate surface area is 260 Å². The van der Waals surface area contributed by atoms with Crippen molar-refractivity contribution >= 4 is 38.8 Å². The van der Waals surface area contributed by atoms with Crippen LogP contribution in [0.15, 0.2) is 144 Å². The summed E-state index contributed by atoms with van der Waals surface area (Å²) in [6, 6.07) is 46.2. The Morgan fingerprint density at radius 3 is 2.29 bits per heavy atom. The molecule has 212 valence electrons. The van der Waals surface area contributed by atoms with Gasteiger partial charge in [-0.25, -0.2) is 15.0 Å². The number of benzene rings is 6. The standard InChI is InChI=1S/C41H27N3O/c1-2-12-28(13-3-1)33-22-23-36-37(34-16-8-9-17-35(34)45-36)38(33)41-43-39(31-20-18-26-10-4-6-14-29(26)24-31)42-40(44-41)32-21-19-27-11-5-7-15-30(27)25-32/h1-24,32H,25H2. The maximum Gasteiger partial charge on any atom is 0.165 e. The van der Waals surface area contributed by atoms with Crippen molar-refractivity contribution in [3.05, 3.63) is 156 Å². The van der Waals surface area contributed by atoms with Crippen LogP contribution < -0.4 is 0 Å². The Morgan fingerprint density at radius 2 is 1.36 bits per heavy atom. The Balaban J connectivity index is 1.33. The minimum Gasteiger partial charge on any atom is -0.456 e. The van der Waals surface area contributed by atoms with Crippen LogP contribution in [0.4, 0.5) is 0 Å². The molecule has 0 amide bonds. The van der Waals surface area contributed by atoms with E-state index in [2.05, 4.69) is 127 Å². The Bertz CT molecular complexity index is 2420. The highest BCUT2D eigenvalue weighted by atomic mass is 16.3. The van der Waals surface area contributed by atoms with Crippen LogP contribution >= 0.6 is 0 Å². The maximum atomic E-state index is 6.37. The molecule has 2 heterocycles. The summed E-state index contributed by atoms with van der Waals surface area (Å²) in [5, 5.41) is 4.39. The van der Waals surface area contributed by atoms with Crippen LogP contribution in [0, 0.1) is 0 Å². The minimum atomic E-state index is 0.0151. The van der Waals surface area contributed by atoms with Gasteiger partial charge in [-0.2, -0.15) is 0 Å². The van der Waals surface area contributed by atoms with Crippen molar-refractivity contribution in [2.75, 3.05) is 0 Å². The second kappa shape index (κ2) is 10.4. The summed E-state index contributed by atoms with van der Waals surface area (Å²) in [6.45, 7) is 0. The second-order valence-electron chi connectivity index (χ2n) is 11.6. The predicted octanol–water partition coefficient (Wildman–Crippen LogP) is 10.3. The van der Waals surface area contributed by atoms with Gasteiger partial charge in [0.2, 0.25) is 0 Å². The lowest BCUT2D eigenvalue weighted by atomic mass is 9.89. The van der Waals surface area contributed by atoms with E-state index < -0.39 is 0 Å². The highest BCUT2D eigenvalue weighted by molar-refractivity contribution is 6.15. The molecule has 0 saturated heterocycles. The van der Waals surface area contributed by atoms with Gasteiger partial charge in [-0.1, -0.05) is 121 Å². The SMILES string of the molecule is C1=CC(c2nc(-c3ccc4ccccc4c3)nc(-c3c(-c4ccccc4)ccc4oc5ccccc5c34)n2)Cc2ccccc21. The molecule has 0 bridgehead atoms. The molecule has 0 saturated carbocycles. The van der Waals surface area contributed by atoms with E-state index in [0.29, 0.717) is 11.6 Å². The predicted molar refractivity (Wildman–Crippen MR) is 183 cm³/mol. The number of para-hydroxylation sites is 1. The summed E-state index contributed by atoms with van der Waals surface area (Å²) < 4.78 is 6.37.